The molecule has 0 spiro atoms. The summed E-state index contributed by atoms with van der Waals surface area (Å²) in [6.07, 6.45) is 7.03. The highest BCUT2D eigenvalue weighted by atomic mass is 16.6. The van der Waals surface area contributed by atoms with Crippen LogP contribution >= 0.6 is 0 Å². The Bertz CT molecular complexity index is 1050. The number of carbonyl (C=O) groups is 2. The predicted molar refractivity (Wildman–Crippen MR) is 127 cm³/mol. The van der Waals surface area contributed by atoms with E-state index in [2.05, 4.69) is 22.4 Å². The molecule has 1 saturated carbocycles. The Morgan fingerprint density at radius 1 is 1.27 bits per heavy atom. The molecular weight excluding hydrogens is 418 g/mol. The van der Waals surface area contributed by atoms with E-state index in [0.717, 1.165) is 47.8 Å². The van der Waals surface area contributed by atoms with Crippen LogP contribution in [0, 0.1) is 11.8 Å². The highest BCUT2D eigenvalue weighted by Gasteiger charge is 2.33. The summed E-state index contributed by atoms with van der Waals surface area (Å²) < 4.78 is 5.43. The second kappa shape index (κ2) is 9.47. The molecule has 0 radical (unpaired) electrons. The smallest absolute Gasteiger partial charge is 0.410 e. The molecule has 0 bridgehead atoms. The number of aldehydes is 1. The van der Waals surface area contributed by atoms with Crippen LogP contribution in [-0.2, 0) is 16.0 Å². The molecule has 1 aromatic carbocycles. The normalized spacial score (nSPS) is 21.3. The SMILES string of the molecule is CC(C)(C)OC(=O)N1CC(Cc2ccc3ncc(/C(=C/NC4CC(C=O)C4)CN)nc3c2)C1. The fraction of sp³-hybridized carbons (Fsp3) is 0.520. The number of carbonyl (C=O) groups excluding carboxylic acids is 2. The summed E-state index contributed by atoms with van der Waals surface area (Å²) in [6.45, 7) is 7.39. The molecule has 2 fully saturated rings. The first-order valence-corrected chi connectivity index (χ1v) is 11.6. The van der Waals surface area contributed by atoms with Gasteiger partial charge in [-0.15, -0.1) is 0 Å². The number of fused-ring (bicyclic) bond motifs is 1. The second-order valence-corrected chi connectivity index (χ2v) is 10.1. The van der Waals surface area contributed by atoms with Gasteiger partial charge in [0.2, 0.25) is 0 Å². The van der Waals surface area contributed by atoms with Gasteiger partial charge in [-0.05, 0) is 63.6 Å². The van der Waals surface area contributed by atoms with Gasteiger partial charge in [0.05, 0.1) is 22.9 Å². The number of amides is 1. The van der Waals surface area contributed by atoms with Crippen molar-refractivity contribution in [2.24, 2.45) is 17.6 Å². The summed E-state index contributed by atoms with van der Waals surface area (Å²) in [4.78, 5) is 34.0. The molecule has 3 N–H and O–H groups in total. The number of benzene rings is 1. The fourth-order valence-corrected chi connectivity index (χ4v) is 4.21. The molecule has 0 atom stereocenters. The number of ether oxygens (including phenoxy) is 1. The molecule has 4 rings (SSSR count). The number of rotatable bonds is 7. The largest absolute Gasteiger partial charge is 0.444 e. The van der Waals surface area contributed by atoms with E-state index in [-0.39, 0.29) is 12.0 Å². The quantitative estimate of drug-likeness (QED) is 0.623. The molecular formula is C25H33N5O3. The lowest BCUT2D eigenvalue weighted by Gasteiger charge is -2.39. The zero-order valence-electron chi connectivity index (χ0n) is 19.6. The van der Waals surface area contributed by atoms with Crippen molar-refractivity contribution in [1.82, 2.24) is 20.2 Å². The summed E-state index contributed by atoms with van der Waals surface area (Å²) in [6, 6.07) is 6.45. The van der Waals surface area contributed by atoms with Gasteiger partial charge < -0.3 is 25.5 Å². The first-order valence-electron chi connectivity index (χ1n) is 11.6. The minimum Gasteiger partial charge on any atom is -0.444 e. The van der Waals surface area contributed by atoms with Crippen molar-refractivity contribution in [3.05, 3.63) is 41.9 Å². The molecule has 176 valence electrons. The lowest BCUT2D eigenvalue weighted by molar-refractivity contribution is -0.113. The lowest BCUT2D eigenvalue weighted by Crippen LogP contribution is -2.52. The molecule has 1 aliphatic heterocycles. The monoisotopic (exact) mass is 451 g/mol. The van der Waals surface area contributed by atoms with E-state index >= 15 is 0 Å². The number of hydrogen-bond acceptors (Lipinski definition) is 7. The third kappa shape index (κ3) is 5.68. The maximum absolute atomic E-state index is 12.1. The third-order valence-electron chi connectivity index (χ3n) is 6.15. The molecule has 2 aromatic rings. The zero-order valence-corrected chi connectivity index (χ0v) is 19.6. The van der Waals surface area contributed by atoms with Crippen molar-refractivity contribution >= 4 is 29.0 Å². The van der Waals surface area contributed by atoms with Crippen molar-refractivity contribution in [2.75, 3.05) is 19.6 Å². The van der Waals surface area contributed by atoms with Crippen molar-refractivity contribution in [1.29, 1.82) is 0 Å². The number of nitrogens with one attached hydrogen (secondary N) is 1. The van der Waals surface area contributed by atoms with Crippen LogP contribution in [0.5, 0.6) is 0 Å². The molecule has 8 heteroatoms. The van der Waals surface area contributed by atoms with Crippen LogP contribution in [0.15, 0.2) is 30.6 Å². The van der Waals surface area contributed by atoms with Gasteiger partial charge in [-0.2, -0.15) is 0 Å². The van der Waals surface area contributed by atoms with E-state index in [1.807, 2.05) is 33.0 Å². The topological polar surface area (TPSA) is 110 Å². The van der Waals surface area contributed by atoms with Crippen LogP contribution in [0.4, 0.5) is 4.79 Å². The number of aromatic nitrogens is 2. The highest BCUT2D eigenvalue weighted by molar-refractivity contribution is 5.77. The maximum Gasteiger partial charge on any atom is 0.410 e. The Kier molecular flexibility index (Phi) is 6.65. The summed E-state index contributed by atoms with van der Waals surface area (Å²) >= 11 is 0. The van der Waals surface area contributed by atoms with Crippen LogP contribution < -0.4 is 11.1 Å². The Labute approximate surface area is 194 Å². The third-order valence-corrected chi connectivity index (χ3v) is 6.15. The second-order valence-electron chi connectivity index (χ2n) is 10.1. The predicted octanol–water partition coefficient (Wildman–Crippen LogP) is 2.91. The van der Waals surface area contributed by atoms with E-state index in [1.165, 1.54) is 5.56 Å². The van der Waals surface area contributed by atoms with Gasteiger partial charge in [0, 0.05) is 43.4 Å². The summed E-state index contributed by atoms with van der Waals surface area (Å²) in [5.41, 5.74) is 9.98. The van der Waals surface area contributed by atoms with Crippen molar-refractivity contribution < 1.29 is 14.3 Å². The number of hydrogen-bond donors (Lipinski definition) is 2. The molecule has 1 aromatic heterocycles. The van der Waals surface area contributed by atoms with Gasteiger partial charge in [0.15, 0.2) is 0 Å². The average molecular weight is 452 g/mol. The van der Waals surface area contributed by atoms with Crippen LogP contribution in [-0.4, -0.2) is 58.5 Å². The first kappa shape index (κ1) is 23.2. The van der Waals surface area contributed by atoms with Crippen LogP contribution in [0.3, 0.4) is 0 Å². The number of likely N-dealkylation sites (tertiary alicyclic amines) is 1. The van der Waals surface area contributed by atoms with Crippen molar-refractivity contribution in [3.63, 3.8) is 0 Å². The zero-order chi connectivity index (χ0) is 23.6. The highest BCUT2D eigenvalue weighted by Crippen LogP contribution is 2.26. The van der Waals surface area contributed by atoms with Crippen molar-refractivity contribution in [2.45, 2.75) is 51.7 Å². The summed E-state index contributed by atoms with van der Waals surface area (Å²) in [5, 5.41) is 3.35. The molecule has 1 saturated heterocycles. The summed E-state index contributed by atoms with van der Waals surface area (Å²) in [7, 11) is 0. The van der Waals surface area contributed by atoms with E-state index < -0.39 is 5.60 Å². The number of nitrogens with two attached hydrogens (primary N) is 1. The summed E-state index contributed by atoms with van der Waals surface area (Å²) in [5.74, 6) is 0.579. The van der Waals surface area contributed by atoms with E-state index in [4.69, 9.17) is 15.5 Å². The maximum atomic E-state index is 12.1. The average Bonchev–Trinajstić information content (AvgIpc) is 2.70. The van der Waals surface area contributed by atoms with Crippen LogP contribution in [0.1, 0.15) is 44.9 Å². The van der Waals surface area contributed by atoms with E-state index in [0.29, 0.717) is 31.6 Å². The molecule has 33 heavy (non-hydrogen) atoms. The Balaban J connectivity index is 1.38. The van der Waals surface area contributed by atoms with E-state index in [9.17, 15) is 9.59 Å². The van der Waals surface area contributed by atoms with Gasteiger partial charge in [-0.1, -0.05) is 6.07 Å². The van der Waals surface area contributed by atoms with Gasteiger partial charge in [-0.25, -0.2) is 9.78 Å². The van der Waals surface area contributed by atoms with Gasteiger partial charge >= 0.3 is 6.09 Å². The van der Waals surface area contributed by atoms with Gasteiger partial charge in [0.1, 0.15) is 11.9 Å². The van der Waals surface area contributed by atoms with Crippen molar-refractivity contribution in [3.8, 4) is 0 Å². The Hall–Kier alpha value is -3.00. The minimum atomic E-state index is -0.473. The fourth-order valence-electron chi connectivity index (χ4n) is 4.21. The molecule has 2 aliphatic rings. The van der Waals surface area contributed by atoms with E-state index in [1.54, 1.807) is 11.1 Å². The minimum absolute atomic E-state index is 0.169. The lowest BCUT2D eigenvalue weighted by atomic mass is 9.81. The van der Waals surface area contributed by atoms with Gasteiger partial charge in [0.25, 0.3) is 0 Å². The Morgan fingerprint density at radius 2 is 2.03 bits per heavy atom. The number of nitrogens with zero attached hydrogens (tertiary/aromatic N) is 3. The first-order chi connectivity index (χ1) is 15.7. The van der Waals surface area contributed by atoms with Crippen LogP contribution in [0.25, 0.3) is 16.6 Å². The molecule has 1 aliphatic carbocycles. The molecule has 0 unspecified atom stereocenters. The van der Waals surface area contributed by atoms with Gasteiger partial charge in [-0.3, -0.25) is 4.98 Å². The van der Waals surface area contributed by atoms with Crippen LogP contribution in [0.2, 0.25) is 0 Å². The Morgan fingerprint density at radius 3 is 2.70 bits per heavy atom. The molecule has 1 amide bonds. The standard InChI is InChI=1S/C25H33N5O3/c1-25(2,3)33-24(32)30-13-18(14-30)6-16-4-5-21-22(9-16)29-23(12-28-21)19(10-26)11-27-20-7-17(8-20)15-31/h4-5,9,11-12,15,17-18,20,27H,6-8,10,13-14,26H2,1-3H3/b19-11+. The molecule has 8 nitrogen and oxygen atoms in total. The molecule has 2 heterocycles.